The van der Waals surface area contributed by atoms with Crippen molar-refractivity contribution < 1.29 is 4.79 Å². The van der Waals surface area contributed by atoms with Gasteiger partial charge in [0, 0.05) is 25.4 Å². The van der Waals surface area contributed by atoms with Crippen molar-refractivity contribution in [3.63, 3.8) is 0 Å². The van der Waals surface area contributed by atoms with Gasteiger partial charge >= 0.3 is 6.03 Å². The quantitative estimate of drug-likeness (QED) is 0.657. The fourth-order valence-corrected chi connectivity index (χ4v) is 3.62. The molecule has 4 N–H and O–H groups in total. The number of amidine groups is 1. The van der Waals surface area contributed by atoms with Crippen LogP contribution in [-0.2, 0) is 0 Å². The topological polar surface area (TPSA) is 79.5 Å². The van der Waals surface area contributed by atoms with Gasteiger partial charge in [-0.2, -0.15) is 0 Å². The highest BCUT2D eigenvalue weighted by Gasteiger charge is 2.36. The average Bonchev–Trinajstić information content (AvgIpc) is 2.75. The zero-order chi connectivity index (χ0) is 12.1. The third-order valence-corrected chi connectivity index (χ3v) is 4.74. The molecule has 2 aliphatic rings. The van der Waals surface area contributed by atoms with Crippen LogP contribution in [0.3, 0.4) is 0 Å². The lowest BCUT2D eigenvalue weighted by Crippen LogP contribution is -2.38. The Hall–Kier alpha value is -0.910. The summed E-state index contributed by atoms with van der Waals surface area (Å²) in [7, 11) is 0. The molecule has 1 spiro atoms. The standard InChI is InChI=1S/C11H20N4OS/c12-9(16)13-5-6-14-10-15-7-11(8-17-10)3-1-2-4-11/h1-8H2,(H,14,15)(H3,12,13,16). The molecule has 2 amide bonds. The second-order valence-corrected chi connectivity index (χ2v) is 5.80. The molecule has 1 fully saturated rings. The number of nitrogens with zero attached hydrogens (tertiary/aromatic N) is 1. The molecule has 0 aromatic heterocycles. The number of nitrogens with two attached hydrogens (primary N) is 1. The minimum atomic E-state index is -0.477. The molecule has 0 radical (unpaired) electrons. The van der Waals surface area contributed by atoms with Gasteiger partial charge < -0.3 is 16.4 Å². The zero-order valence-electron chi connectivity index (χ0n) is 10.00. The Morgan fingerprint density at radius 2 is 2.18 bits per heavy atom. The summed E-state index contributed by atoms with van der Waals surface area (Å²) in [5.41, 5.74) is 5.46. The van der Waals surface area contributed by atoms with Crippen molar-refractivity contribution in [3.05, 3.63) is 0 Å². The molecule has 1 aliphatic heterocycles. The summed E-state index contributed by atoms with van der Waals surface area (Å²) < 4.78 is 0. The molecule has 17 heavy (non-hydrogen) atoms. The summed E-state index contributed by atoms with van der Waals surface area (Å²) in [6, 6.07) is -0.477. The SMILES string of the molecule is NC(=O)NCCNC1=NCC2(CCCC2)CS1. The van der Waals surface area contributed by atoms with Gasteiger partial charge in [0.05, 0.1) is 0 Å². The van der Waals surface area contributed by atoms with Gasteiger partial charge in [-0.3, -0.25) is 4.99 Å². The maximum Gasteiger partial charge on any atom is 0.312 e. The van der Waals surface area contributed by atoms with Crippen LogP contribution in [0, 0.1) is 5.41 Å². The van der Waals surface area contributed by atoms with Crippen LogP contribution in [-0.4, -0.2) is 36.6 Å². The Morgan fingerprint density at radius 1 is 1.41 bits per heavy atom. The van der Waals surface area contributed by atoms with Gasteiger partial charge in [0.15, 0.2) is 5.17 Å². The minimum absolute atomic E-state index is 0.477. The monoisotopic (exact) mass is 256 g/mol. The minimum Gasteiger partial charge on any atom is -0.363 e. The molecule has 6 heteroatoms. The van der Waals surface area contributed by atoms with Gasteiger partial charge in [-0.15, -0.1) is 0 Å². The van der Waals surface area contributed by atoms with Crippen molar-refractivity contribution in [2.45, 2.75) is 25.7 Å². The number of aliphatic imine (C=N–C) groups is 1. The van der Waals surface area contributed by atoms with E-state index in [0.717, 1.165) is 11.7 Å². The number of amides is 2. The van der Waals surface area contributed by atoms with Crippen LogP contribution in [0.15, 0.2) is 4.99 Å². The highest BCUT2D eigenvalue weighted by atomic mass is 32.2. The Balaban J connectivity index is 1.69. The molecule has 1 aliphatic carbocycles. The van der Waals surface area contributed by atoms with Crippen molar-refractivity contribution in [1.82, 2.24) is 10.6 Å². The third kappa shape index (κ3) is 3.52. The van der Waals surface area contributed by atoms with Gasteiger partial charge in [0.2, 0.25) is 0 Å². The van der Waals surface area contributed by atoms with E-state index >= 15 is 0 Å². The van der Waals surface area contributed by atoms with Crippen molar-refractivity contribution in [1.29, 1.82) is 0 Å². The van der Waals surface area contributed by atoms with E-state index in [1.54, 1.807) is 0 Å². The second-order valence-electron chi connectivity index (χ2n) is 4.83. The molecule has 0 aromatic rings. The number of carbonyl (C=O) groups is 1. The molecular weight excluding hydrogens is 236 g/mol. The molecule has 0 bridgehead atoms. The van der Waals surface area contributed by atoms with Gasteiger partial charge in [-0.1, -0.05) is 24.6 Å². The Labute approximate surface area is 106 Å². The molecule has 1 heterocycles. The van der Waals surface area contributed by atoms with Crippen LogP contribution >= 0.6 is 11.8 Å². The number of carbonyl (C=O) groups excluding carboxylic acids is 1. The second kappa shape index (κ2) is 5.62. The lowest BCUT2D eigenvalue weighted by atomic mass is 9.89. The molecule has 96 valence electrons. The Morgan fingerprint density at radius 3 is 2.76 bits per heavy atom. The highest BCUT2D eigenvalue weighted by Crippen LogP contribution is 2.43. The third-order valence-electron chi connectivity index (χ3n) is 3.44. The molecule has 2 rings (SSSR count). The summed E-state index contributed by atoms with van der Waals surface area (Å²) >= 11 is 1.81. The first-order valence-electron chi connectivity index (χ1n) is 6.15. The fourth-order valence-electron chi connectivity index (χ4n) is 2.44. The largest absolute Gasteiger partial charge is 0.363 e. The van der Waals surface area contributed by atoms with Crippen molar-refractivity contribution in [2.75, 3.05) is 25.4 Å². The van der Waals surface area contributed by atoms with Crippen LogP contribution in [0.5, 0.6) is 0 Å². The lowest BCUT2D eigenvalue weighted by molar-refractivity contribution is 0.249. The summed E-state index contributed by atoms with van der Waals surface area (Å²) in [5.74, 6) is 1.18. The number of urea groups is 1. The maximum atomic E-state index is 10.5. The number of hydrogen-bond donors (Lipinski definition) is 3. The van der Waals surface area contributed by atoms with Crippen LogP contribution in [0.2, 0.25) is 0 Å². The summed E-state index contributed by atoms with van der Waals surface area (Å²) in [6.45, 7) is 2.19. The normalized spacial score (nSPS) is 22.2. The molecule has 0 atom stereocenters. The number of rotatable bonds is 3. The Kier molecular flexibility index (Phi) is 4.15. The van der Waals surface area contributed by atoms with E-state index in [-0.39, 0.29) is 0 Å². The van der Waals surface area contributed by atoms with E-state index in [9.17, 15) is 4.79 Å². The summed E-state index contributed by atoms with van der Waals surface area (Å²) in [5, 5.41) is 6.78. The number of nitrogens with one attached hydrogen (secondary N) is 2. The average molecular weight is 256 g/mol. The Bertz CT molecular complexity index is 313. The van der Waals surface area contributed by atoms with E-state index in [0.29, 0.717) is 18.5 Å². The van der Waals surface area contributed by atoms with Gasteiger partial charge in [-0.25, -0.2) is 4.79 Å². The lowest BCUT2D eigenvalue weighted by Gasteiger charge is -2.31. The van der Waals surface area contributed by atoms with Crippen molar-refractivity contribution >= 4 is 23.0 Å². The van der Waals surface area contributed by atoms with Gasteiger partial charge in [0.1, 0.15) is 0 Å². The van der Waals surface area contributed by atoms with E-state index in [1.807, 2.05) is 11.8 Å². The predicted octanol–water partition coefficient (Wildman–Crippen LogP) is 0.907. The summed E-state index contributed by atoms with van der Waals surface area (Å²) in [4.78, 5) is 15.1. The van der Waals surface area contributed by atoms with Crippen LogP contribution < -0.4 is 16.4 Å². The first-order valence-corrected chi connectivity index (χ1v) is 7.13. The number of hydrogen-bond acceptors (Lipinski definition) is 4. The van der Waals surface area contributed by atoms with Crippen molar-refractivity contribution in [2.24, 2.45) is 16.1 Å². The first kappa shape index (κ1) is 12.5. The maximum absolute atomic E-state index is 10.5. The van der Waals surface area contributed by atoms with E-state index < -0.39 is 6.03 Å². The van der Waals surface area contributed by atoms with Crippen molar-refractivity contribution in [3.8, 4) is 0 Å². The van der Waals surface area contributed by atoms with E-state index in [2.05, 4.69) is 15.6 Å². The smallest absolute Gasteiger partial charge is 0.312 e. The highest BCUT2D eigenvalue weighted by molar-refractivity contribution is 8.13. The van der Waals surface area contributed by atoms with E-state index in [1.165, 1.54) is 31.4 Å². The molecular formula is C11H20N4OS. The molecule has 5 nitrogen and oxygen atoms in total. The molecule has 0 aromatic carbocycles. The number of thioether (sulfide) groups is 1. The molecule has 0 saturated heterocycles. The van der Waals surface area contributed by atoms with Crippen LogP contribution in [0.4, 0.5) is 4.79 Å². The molecule has 1 saturated carbocycles. The number of primary amides is 1. The van der Waals surface area contributed by atoms with Gasteiger partial charge in [-0.05, 0) is 18.3 Å². The zero-order valence-corrected chi connectivity index (χ0v) is 10.8. The summed E-state index contributed by atoms with van der Waals surface area (Å²) in [6.07, 6.45) is 5.39. The van der Waals surface area contributed by atoms with Crippen LogP contribution in [0.1, 0.15) is 25.7 Å². The predicted molar refractivity (Wildman–Crippen MR) is 71.2 cm³/mol. The fraction of sp³-hybridized carbons (Fsp3) is 0.818. The molecule has 0 unspecified atom stereocenters. The van der Waals surface area contributed by atoms with E-state index in [4.69, 9.17) is 5.73 Å². The van der Waals surface area contributed by atoms with Gasteiger partial charge in [0.25, 0.3) is 0 Å². The van der Waals surface area contributed by atoms with Crippen LogP contribution in [0.25, 0.3) is 0 Å². The first-order chi connectivity index (χ1) is 8.20.